The molecule has 1 unspecified atom stereocenters. The number of piperazine rings is 1. The van der Waals surface area contributed by atoms with Crippen molar-refractivity contribution < 1.29 is 17.9 Å². The van der Waals surface area contributed by atoms with E-state index >= 15 is 0 Å². The van der Waals surface area contributed by atoms with Gasteiger partial charge in [-0.15, -0.1) is 0 Å². The number of anilines is 1. The summed E-state index contributed by atoms with van der Waals surface area (Å²) in [4.78, 5) is 25.7. The van der Waals surface area contributed by atoms with Crippen LogP contribution in [0.5, 0.6) is 5.75 Å². The van der Waals surface area contributed by atoms with Gasteiger partial charge in [-0.3, -0.25) is 9.69 Å². The van der Waals surface area contributed by atoms with Crippen LogP contribution in [0.2, 0.25) is 0 Å². The Labute approximate surface area is 200 Å². The fraction of sp³-hybridized carbons (Fsp3) is 0.522. The smallest absolute Gasteiger partial charge is 0.254 e. The highest BCUT2D eigenvalue weighted by Crippen LogP contribution is 2.27. The van der Waals surface area contributed by atoms with Gasteiger partial charge >= 0.3 is 0 Å². The number of primary amides is 1. The maximum Gasteiger partial charge on any atom is 0.254 e. The first kappa shape index (κ1) is 24.4. The Kier molecular flexibility index (Phi) is 7.34. The van der Waals surface area contributed by atoms with Crippen LogP contribution in [0.3, 0.4) is 0 Å². The number of amides is 1. The number of aromatic nitrogens is 2. The second-order valence-electron chi connectivity index (χ2n) is 8.67. The number of methoxy groups -OCH3 is 1. The summed E-state index contributed by atoms with van der Waals surface area (Å²) in [5.74, 6) is 1.29. The van der Waals surface area contributed by atoms with Crippen LogP contribution in [0.4, 0.5) is 5.82 Å². The van der Waals surface area contributed by atoms with E-state index in [2.05, 4.69) is 14.8 Å². The first-order chi connectivity index (χ1) is 16.3. The summed E-state index contributed by atoms with van der Waals surface area (Å²) in [7, 11) is -2.03. The Hall–Kier alpha value is -2.76. The van der Waals surface area contributed by atoms with E-state index in [1.807, 2.05) is 6.92 Å². The zero-order valence-electron chi connectivity index (χ0n) is 19.7. The molecular weight excluding hydrogens is 456 g/mol. The van der Waals surface area contributed by atoms with Gasteiger partial charge in [0, 0.05) is 45.5 Å². The number of carbonyl (C=O) groups excluding carboxylic acids is 1. The molecule has 2 aliphatic rings. The zero-order valence-corrected chi connectivity index (χ0v) is 20.5. The number of nitrogens with zero attached hydrogens (tertiary/aromatic N) is 5. The topological polar surface area (TPSA) is 122 Å². The van der Waals surface area contributed by atoms with Crippen molar-refractivity contribution in [3.05, 3.63) is 41.9 Å². The van der Waals surface area contributed by atoms with Crippen molar-refractivity contribution in [1.29, 1.82) is 0 Å². The number of ether oxygens (including phenoxy) is 1. The molecule has 3 heterocycles. The van der Waals surface area contributed by atoms with Crippen molar-refractivity contribution in [2.75, 3.05) is 51.3 Å². The van der Waals surface area contributed by atoms with Gasteiger partial charge in [0.25, 0.3) is 5.91 Å². The van der Waals surface area contributed by atoms with Crippen LogP contribution in [0.15, 0.2) is 35.4 Å². The van der Waals surface area contributed by atoms with E-state index in [-0.39, 0.29) is 10.9 Å². The number of sulfonamides is 1. The third-order valence-corrected chi connectivity index (χ3v) is 8.51. The lowest BCUT2D eigenvalue weighted by Gasteiger charge is -2.37. The Bertz CT molecular complexity index is 1110. The minimum absolute atomic E-state index is 0.128. The standard InChI is InChI=1S/C23H32N6O4S/c1-17(22-25-16-20(21(24)30)23(26-22)28-10-4-3-5-11-28)27-12-14-29(15-13-27)34(31,32)19-8-6-18(33-2)7-9-19/h6-9,16-17H,3-5,10-15H2,1-2H3,(H2,24,30). The first-order valence-electron chi connectivity index (χ1n) is 11.6. The Balaban J connectivity index is 1.46. The molecule has 11 heteroatoms. The second kappa shape index (κ2) is 10.2. The monoisotopic (exact) mass is 488 g/mol. The van der Waals surface area contributed by atoms with Crippen LogP contribution in [0, 0.1) is 0 Å². The van der Waals surface area contributed by atoms with Crippen molar-refractivity contribution in [2.45, 2.75) is 37.1 Å². The van der Waals surface area contributed by atoms with Gasteiger partial charge in [-0.25, -0.2) is 18.4 Å². The van der Waals surface area contributed by atoms with Gasteiger partial charge in [0.1, 0.15) is 23.0 Å². The van der Waals surface area contributed by atoms with E-state index in [1.54, 1.807) is 31.4 Å². The summed E-state index contributed by atoms with van der Waals surface area (Å²) in [6.07, 6.45) is 4.80. The quantitative estimate of drug-likeness (QED) is 0.624. The maximum atomic E-state index is 13.0. The number of benzene rings is 1. The molecule has 1 aromatic heterocycles. The average Bonchev–Trinajstić information content (AvgIpc) is 2.88. The molecule has 1 atom stereocenters. The Morgan fingerprint density at radius 2 is 1.68 bits per heavy atom. The average molecular weight is 489 g/mol. The maximum absolute atomic E-state index is 13.0. The van der Waals surface area contributed by atoms with E-state index in [9.17, 15) is 13.2 Å². The summed E-state index contributed by atoms with van der Waals surface area (Å²) in [5.41, 5.74) is 5.93. The number of hydrogen-bond acceptors (Lipinski definition) is 8. The largest absolute Gasteiger partial charge is 0.497 e. The fourth-order valence-electron chi connectivity index (χ4n) is 4.50. The molecule has 2 fully saturated rings. The normalized spacial score (nSPS) is 19.1. The molecule has 2 aliphatic heterocycles. The molecule has 184 valence electrons. The molecule has 0 saturated carbocycles. The molecule has 10 nitrogen and oxygen atoms in total. The SMILES string of the molecule is COc1ccc(S(=O)(=O)N2CCN(C(C)c3ncc(C(N)=O)c(N4CCCCC4)n3)CC2)cc1. The predicted octanol–water partition coefficient (Wildman–Crippen LogP) is 1.64. The molecule has 2 aromatic rings. The lowest BCUT2D eigenvalue weighted by Crippen LogP contribution is -2.49. The predicted molar refractivity (Wildman–Crippen MR) is 128 cm³/mol. The highest BCUT2D eigenvalue weighted by atomic mass is 32.2. The van der Waals surface area contributed by atoms with Gasteiger partial charge in [-0.05, 0) is 50.5 Å². The van der Waals surface area contributed by atoms with Gasteiger partial charge in [0.15, 0.2) is 0 Å². The van der Waals surface area contributed by atoms with Crippen molar-refractivity contribution in [3.8, 4) is 5.75 Å². The van der Waals surface area contributed by atoms with Crippen molar-refractivity contribution in [1.82, 2.24) is 19.2 Å². The molecule has 1 amide bonds. The summed E-state index contributed by atoms with van der Waals surface area (Å²) in [6.45, 7) is 5.54. The molecule has 0 radical (unpaired) electrons. The summed E-state index contributed by atoms with van der Waals surface area (Å²) >= 11 is 0. The highest BCUT2D eigenvalue weighted by Gasteiger charge is 2.31. The van der Waals surface area contributed by atoms with Crippen molar-refractivity contribution >= 4 is 21.7 Å². The van der Waals surface area contributed by atoms with Gasteiger partial charge in [-0.1, -0.05) is 0 Å². The third-order valence-electron chi connectivity index (χ3n) is 6.60. The summed E-state index contributed by atoms with van der Waals surface area (Å²) in [6, 6.07) is 6.31. The van der Waals surface area contributed by atoms with Crippen LogP contribution >= 0.6 is 0 Å². The molecule has 34 heavy (non-hydrogen) atoms. The van der Waals surface area contributed by atoms with Crippen molar-refractivity contribution in [3.63, 3.8) is 0 Å². The van der Waals surface area contributed by atoms with E-state index in [4.69, 9.17) is 15.5 Å². The van der Waals surface area contributed by atoms with Gasteiger partial charge < -0.3 is 15.4 Å². The molecule has 2 N–H and O–H groups in total. The zero-order chi connectivity index (χ0) is 24.3. The van der Waals surface area contributed by atoms with E-state index in [1.165, 1.54) is 16.9 Å². The first-order valence-corrected chi connectivity index (χ1v) is 13.0. The molecule has 4 rings (SSSR count). The number of piperidine rings is 1. The third kappa shape index (κ3) is 5.01. The highest BCUT2D eigenvalue weighted by molar-refractivity contribution is 7.89. The van der Waals surface area contributed by atoms with Gasteiger partial charge in [-0.2, -0.15) is 4.31 Å². The molecule has 2 saturated heterocycles. The van der Waals surface area contributed by atoms with Crippen LogP contribution < -0.4 is 15.4 Å². The molecule has 0 bridgehead atoms. The molecule has 0 spiro atoms. The lowest BCUT2D eigenvalue weighted by atomic mass is 10.1. The van der Waals surface area contributed by atoms with Crippen molar-refractivity contribution in [2.24, 2.45) is 5.73 Å². The number of hydrogen-bond donors (Lipinski definition) is 1. The van der Waals surface area contributed by atoms with Gasteiger partial charge in [0.2, 0.25) is 10.0 Å². The second-order valence-corrected chi connectivity index (χ2v) is 10.6. The lowest BCUT2D eigenvalue weighted by molar-refractivity contribution is 0.0999. The Morgan fingerprint density at radius 1 is 1.03 bits per heavy atom. The number of carbonyl (C=O) groups is 1. The molecular formula is C23H32N6O4S. The minimum Gasteiger partial charge on any atom is -0.497 e. The fourth-order valence-corrected chi connectivity index (χ4v) is 5.92. The van der Waals surface area contributed by atoms with Crippen LogP contribution in [-0.4, -0.2) is 79.9 Å². The number of rotatable bonds is 7. The molecule has 0 aliphatic carbocycles. The molecule has 1 aromatic carbocycles. The summed E-state index contributed by atoms with van der Waals surface area (Å²) in [5, 5.41) is 0. The van der Waals surface area contributed by atoms with E-state index in [0.29, 0.717) is 49.1 Å². The van der Waals surface area contributed by atoms with E-state index < -0.39 is 15.9 Å². The van der Waals surface area contributed by atoms with Gasteiger partial charge in [0.05, 0.1) is 18.0 Å². The van der Waals surface area contributed by atoms with Crippen LogP contribution in [-0.2, 0) is 10.0 Å². The summed E-state index contributed by atoms with van der Waals surface area (Å²) < 4.78 is 32.7. The Morgan fingerprint density at radius 3 is 2.26 bits per heavy atom. The van der Waals surface area contributed by atoms with Crippen LogP contribution in [0.1, 0.15) is 48.4 Å². The number of nitrogens with two attached hydrogens (primary N) is 1. The van der Waals surface area contributed by atoms with E-state index in [0.717, 1.165) is 25.9 Å². The van der Waals surface area contributed by atoms with Crippen LogP contribution in [0.25, 0.3) is 0 Å². The minimum atomic E-state index is -3.58.